The van der Waals surface area contributed by atoms with Crippen LogP contribution in [0.2, 0.25) is 0 Å². The highest BCUT2D eigenvalue weighted by atomic mass is 32.2. The summed E-state index contributed by atoms with van der Waals surface area (Å²) in [5, 5.41) is 9.47. The maximum atomic E-state index is 11.7. The van der Waals surface area contributed by atoms with Crippen molar-refractivity contribution in [1.82, 2.24) is 0 Å². The lowest BCUT2D eigenvalue weighted by atomic mass is 9.97. The first kappa shape index (κ1) is 9.68. The maximum absolute atomic E-state index is 11.7. The predicted molar refractivity (Wildman–Crippen MR) is 52.9 cm³/mol. The molecule has 2 rings (SSSR count). The van der Waals surface area contributed by atoms with Gasteiger partial charge in [-0.25, -0.2) is 8.42 Å². The molecule has 4 heteroatoms. The van der Waals surface area contributed by atoms with Gasteiger partial charge in [0.15, 0.2) is 9.84 Å². The molecule has 1 heterocycles. The molecule has 1 aliphatic rings. The smallest absolute Gasteiger partial charge is 0.179 e. The molecule has 0 saturated heterocycles. The van der Waals surface area contributed by atoms with Crippen LogP contribution in [-0.2, 0) is 9.84 Å². The number of aliphatic hydroxyl groups is 1. The van der Waals surface area contributed by atoms with Gasteiger partial charge in [0.25, 0.3) is 0 Å². The quantitative estimate of drug-likeness (QED) is 0.753. The summed E-state index contributed by atoms with van der Waals surface area (Å²) in [5.41, 5.74) is 0.752. The Bertz CT molecular complexity index is 448. The minimum atomic E-state index is -3.16. The number of benzene rings is 1. The fourth-order valence-corrected chi connectivity index (χ4v) is 3.86. The summed E-state index contributed by atoms with van der Waals surface area (Å²) in [6.07, 6.45) is -0.617. The van der Waals surface area contributed by atoms with Crippen molar-refractivity contribution in [3.8, 4) is 0 Å². The summed E-state index contributed by atoms with van der Waals surface area (Å²) >= 11 is 0. The van der Waals surface area contributed by atoms with Crippen molar-refractivity contribution in [3.63, 3.8) is 0 Å². The van der Waals surface area contributed by atoms with E-state index in [2.05, 4.69) is 0 Å². The molecule has 0 spiro atoms. The van der Waals surface area contributed by atoms with E-state index in [0.29, 0.717) is 4.90 Å². The molecule has 2 atom stereocenters. The fraction of sp³-hybridized carbons (Fsp3) is 0.400. The van der Waals surface area contributed by atoms with Crippen LogP contribution in [0.25, 0.3) is 0 Å². The number of hydrogen-bond donors (Lipinski definition) is 1. The highest BCUT2D eigenvalue weighted by molar-refractivity contribution is 7.91. The molecule has 1 N–H and O–H groups in total. The van der Waals surface area contributed by atoms with Gasteiger partial charge in [-0.2, -0.15) is 0 Å². The highest BCUT2D eigenvalue weighted by Gasteiger charge is 2.36. The summed E-state index contributed by atoms with van der Waals surface area (Å²) in [6, 6.07) is 6.89. The van der Waals surface area contributed by atoms with E-state index in [-0.39, 0.29) is 11.7 Å². The van der Waals surface area contributed by atoms with Crippen LogP contribution >= 0.6 is 0 Å². The number of hydrogen-bond acceptors (Lipinski definition) is 3. The molecule has 1 aromatic carbocycles. The molecule has 0 fully saturated rings. The van der Waals surface area contributed by atoms with Gasteiger partial charge in [0.2, 0.25) is 0 Å². The van der Waals surface area contributed by atoms with Crippen molar-refractivity contribution >= 4 is 9.84 Å². The van der Waals surface area contributed by atoms with Crippen LogP contribution in [0.4, 0.5) is 0 Å². The fourth-order valence-electron chi connectivity index (χ4n) is 1.89. The second kappa shape index (κ2) is 3.07. The van der Waals surface area contributed by atoms with Crippen molar-refractivity contribution < 1.29 is 13.5 Å². The molecule has 3 nitrogen and oxygen atoms in total. The molecule has 0 saturated carbocycles. The summed E-state index contributed by atoms with van der Waals surface area (Å²) in [4.78, 5) is 0.380. The lowest BCUT2D eigenvalue weighted by molar-refractivity contribution is 0.170. The number of aliphatic hydroxyl groups excluding tert-OH is 1. The highest BCUT2D eigenvalue weighted by Crippen LogP contribution is 2.36. The SMILES string of the molecule is CC(O)C1CS(=O)(=O)c2ccccc21. The second-order valence-electron chi connectivity index (χ2n) is 3.67. The Labute approximate surface area is 83.3 Å². The van der Waals surface area contributed by atoms with Crippen LogP contribution < -0.4 is 0 Å². The van der Waals surface area contributed by atoms with Crippen LogP contribution in [0, 0.1) is 0 Å². The molecular weight excluding hydrogens is 200 g/mol. The van der Waals surface area contributed by atoms with Crippen LogP contribution in [-0.4, -0.2) is 25.4 Å². The zero-order valence-corrected chi connectivity index (χ0v) is 8.66. The van der Waals surface area contributed by atoms with Gasteiger partial charge in [0.1, 0.15) is 0 Å². The Morgan fingerprint density at radius 1 is 1.43 bits per heavy atom. The van der Waals surface area contributed by atoms with E-state index in [0.717, 1.165) is 5.56 Å². The van der Waals surface area contributed by atoms with Gasteiger partial charge in [-0.3, -0.25) is 0 Å². The third-order valence-corrected chi connectivity index (χ3v) is 4.47. The maximum Gasteiger partial charge on any atom is 0.179 e. The molecule has 1 aliphatic heterocycles. The first-order valence-corrected chi connectivity index (χ1v) is 6.17. The Morgan fingerprint density at radius 3 is 2.71 bits per heavy atom. The Morgan fingerprint density at radius 2 is 2.07 bits per heavy atom. The van der Waals surface area contributed by atoms with E-state index >= 15 is 0 Å². The minimum Gasteiger partial charge on any atom is -0.393 e. The molecule has 0 radical (unpaired) electrons. The van der Waals surface area contributed by atoms with Crippen molar-refractivity contribution in [2.24, 2.45) is 0 Å². The summed E-state index contributed by atoms with van der Waals surface area (Å²) in [6.45, 7) is 1.63. The molecule has 76 valence electrons. The van der Waals surface area contributed by atoms with Crippen LogP contribution in [0.1, 0.15) is 18.4 Å². The molecule has 0 aromatic heterocycles. The molecule has 2 unspecified atom stereocenters. The van der Waals surface area contributed by atoms with E-state index in [9.17, 15) is 13.5 Å². The standard InChI is InChI=1S/C10H12O3S/c1-7(11)9-6-14(12,13)10-5-3-2-4-8(9)10/h2-5,7,9,11H,6H2,1H3. The van der Waals surface area contributed by atoms with Crippen molar-refractivity contribution in [3.05, 3.63) is 29.8 Å². The van der Waals surface area contributed by atoms with Gasteiger partial charge in [-0.1, -0.05) is 18.2 Å². The molecule has 0 bridgehead atoms. The third-order valence-electron chi connectivity index (χ3n) is 2.63. The average Bonchev–Trinajstić information content (AvgIpc) is 2.40. The van der Waals surface area contributed by atoms with Gasteiger partial charge >= 0.3 is 0 Å². The molecule has 0 aliphatic carbocycles. The molecular formula is C10H12O3S. The van der Waals surface area contributed by atoms with E-state index in [1.165, 1.54) is 0 Å². The van der Waals surface area contributed by atoms with E-state index < -0.39 is 15.9 Å². The lowest BCUT2D eigenvalue weighted by Crippen LogP contribution is -2.16. The largest absolute Gasteiger partial charge is 0.393 e. The third kappa shape index (κ3) is 1.35. The zero-order valence-electron chi connectivity index (χ0n) is 7.84. The van der Waals surface area contributed by atoms with Crippen LogP contribution in [0.15, 0.2) is 29.2 Å². The second-order valence-corrected chi connectivity index (χ2v) is 5.67. The van der Waals surface area contributed by atoms with Gasteiger partial charge in [-0.05, 0) is 18.6 Å². The normalized spacial score (nSPS) is 25.7. The first-order valence-electron chi connectivity index (χ1n) is 4.52. The lowest BCUT2D eigenvalue weighted by Gasteiger charge is -2.12. The monoisotopic (exact) mass is 212 g/mol. The van der Waals surface area contributed by atoms with E-state index in [1.807, 2.05) is 0 Å². The minimum absolute atomic E-state index is 0.0318. The topological polar surface area (TPSA) is 54.4 Å². The Balaban J connectivity index is 2.61. The van der Waals surface area contributed by atoms with E-state index in [1.54, 1.807) is 31.2 Å². The Hall–Kier alpha value is -0.870. The average molecular weight is 212 g/mol. The van der Waals surface area contributed by atoms with Crippen molar-refractivity contribution in [1.29, 1.82) is 0 Å². The number of fused-ring (bicyclic) bond motifs is 1. The summed E-state index contributed by atoms with van der Waals surface area (Å²) in [7, 11) is -3.16. The zero-order chi connectivity index (χ0) is 10.3. The van der Waals surface area contributed by atoms with Crippen molar-refractivity contribution in [2.75, 3.05) is 5.75 Å². The number of sulfone groups is 1. The molecule has 14 heavy (non-hydrogen) atoms. The molecule has 1 aromatic rings. The van der Waals surface area contributed by atoms with Gasteiger partial charge in [-0.15, -0.1) is 0 Å². The summed E-state index contributed by atoms with van der Waals surface area (Å²) in [5.74, 6) is -0.236. The van der Waals surface area contributed by atoms with Crippen LogP contribution in [0.5, 0.6) is 0 Å². The van der Waals surface area contributed by atoms with Crippen molar-refractivity contribution in [2.45, 2.75) is 23.8 Å². The number of rotatable bonds is 1. The Kier molecular flexibility index (Phi) is 2.12. The predicted octanol–water partition coefficient (Wildman–Crippen LogP) is 0.938. The van der Waals surface area contributed by atoms with Gasteiger partial charge in [0, 0.05) is 5.92 Å². The first-order chi connectivity index (χ1) is 6.52. The van der Waals surface area contributed by atoms with E-state index in [4.69, 9.17) is 0 Å². The van der Waals surface area contributed by atoms with Crippen LogP contribution in [0.3, 0.4) is 0 Å². The molecule has 0 amide bonds. The van der Waals surface area contributed by atoms with Gasteiger partial charge in [0.05, 0.1) is 16.8 Å². The van der Waals surface area contributed by atoms with Gasteiger partial charge < -0.3 is 5.11 Å². The summed E-state index contributed by atoms with van der Waals surface area (Å²) < 4.78 is 23.3.